The number of ether oxygens (including phenoxy) is 1. The number of carboxylic acid groups (broad SMARTS) is 1. The molecule has 1 aliphatic rings. The quantitative estimate of drug-likeness (QED) is 0.839. The van der Waals surface area contributed by atoms with E-state index in [2.05, 4.69) is 4.99 Å². The Hall–Kier alpha value is -2.93. The number of anilines is 1. The van der Waals surface area contributed by atoms with E-state index in [0.717, 1.165) is 21.3 Å². The van der Waals surface area contributed by atoms with E-state index in [9.17, 15) is 9.90 Å². The molecule has 0 unspecified atom stereocenters. The second kappa shape index (κ2) is 7.97. The average Bonchev–Trinajstić information content (AvgIpc) is 3.09. The van der Waals surface area contributed by atoms with Crippen molar-refractivity contribution in [1.82, 2.24) is 0 Å². The molecule has 0 bridgehead atoms. The molecule has 1 aliphatic heterocycles. The van der Waals surface area contributed by atoms with Gasteiger partial charge in [0.2, 0.25) is 0 Å². The topological polar surface area (TPSA) is 82.4 Å². The van der Waals surface area contributed by atoms with Gasteiger partial charge in [-0.3, -0.25) is 4.99 Å². The van der Waals surface area contributed by atoms with Crippen molar-refractivity contribution in [1.29, 1.82) is 0 Å². The van der Waals surface area contributed by atoms with E-state index in [1.54, 1.807) is 36.0 Å². The van der Waals surface area contributed by atoms with E-state index in [0.29, 0.717) is 12.3 Å². The molecule has 6 nitrogen and oxygen atoms in total. The van der Waals surface area contributed by atoms with Crippen LogP contribution in [0.4, 0.5) is 5.69 Å². The maximum absolute atomic E-state index is 10.5. The third kappa shape index (κ3) is 4.58. The Kier molecular flexibility index (Phi) is 5.48. The third-order valence-corrected chi connectivity index (χ3v) is 4.78. The summed E-state index contributed by atoms with van der Waals surface area (Å²) in [7, 11) is 1.94. The summed E-state index contributed by atoms with van der Waals surface area (Å²) in [5.41, 5.74) is 1.95. The fraction of sp³-hybridized carbons (Fsp3) is 0.158. The number of aliphatic imine (C=N–C) groups is 1. The van der Waals surface area contributed by atoms with Crippen LogP contribution in [0, 0.1) is 0 Å². The van der Waals surface area contributed by atoms with Crippen LogP contribution in [0.3, 0.4) is 0 Å². The highest BCUT2D eigenvalue weighted by molar-refractivity contribution is 8.17. The van der Waals surface area contributed by atoms with Gasteiger partial charge in [0.15, 0.2) is 11.8 Å². The average molecular weight is 370 g/mol. The number of rotatable bonds is 5. The van der Waals surface area contributed by atoms with Gasteiger partial charge in [0.1, 0.15) is 11.5 Å². The van der Waals surface area contributed by atoms with Crippen molar-refractivity contribution in [2.24, 2.45) is 4.99 Å². The van der Waals surface area contributed by atoms with Gasteiger partial charge in [-0.05, 0) is 48.0 Å². The predicted octanol–water partition coefficient (Wildman–Crippen LogP) is 3.44. The summed E-state index contributed by atoms with van der Waals surface area (Å²) in [6.07, 6.45) is 2.05. The number of hydrogen-bond donors (Lipinski definition) is 2. The Labute approximate surface area is 155 Å². The van der Waals surface area contributed by atoms with Crippen LogP contribution in [-0.4, -0.2) is 41.5 Å². The van der Waals surface area contributed by atoms with E-state index < -0.39 is 5.97 Å². The molecule has 2 aromatic carbocycles. The summed E-state index contributed by atoms with van der Waals surface area (Å²) in [4.78, 5) is 18.2. The molecule has 0 saturated carbocycles. The number of carbonyl (C=O) groups is 1. The van der Waals surface area contributed by atoms with Crippen LogP contribution in [-0.2, 0) is 4.79 Å². The number of thioether (sulfide) groups is 1. The van der Waals surface area contributed by atoms with Gasteiger partial charge >= 0.3 is 5.97 Å². The van der Waals surface area contributed by atoms with Gasteiger partial charge in [0.05, 0.1) is 6.54 Å². The lowest BCUT2D eigenvalue weighted by atomic mass is 10.2. The molecule has 0 radical (unpaired) electrons. The van der Waals surface area contributed by atoms with Crippen molar-refractivity contribution in [3.63, 3.8) is 0 Å². The Bertz CT molecular complexity index is 845. The van der Waals surface area contributed by atoms with Gasteiger partial charge < -0.3 is 19.8 Å². The van der Waals surface area contributed by atoms with Crippen LogP contribution in [0.1, 0.15) is 5.56 Å². The second-order valence-corrected chi connectivity index (χ2v) is 6.73. The molecule has 0 spiro atoms. The SMILES string of the molecule is CN(C1=NC/C(=C\c2ccc(OCC(=O)O)cc2)S1)c1ccc(O)cc1. The first-order valence-electron chi connectivity index (χ1n) is 7.91. The van der Waals surface area contributed by atoms with Crippen LogP contribution < -0.4 is 9.64 Å². The van der Waals surface area contributed by atoms with E-state index >= 15 is 0 Å². The molecule has 134 valence electrons. The standard InChI is InChI=1S/C19H18N2O4S/c1-21(14-4-6-15(22)7-5-14)19-20-11-17(26-19)10-13-2-8-16(9-3-13)25-12-18(23)24/h2-10,22H,11-12H2,1H3,(H,23,24)/b17-10+. The zero-order chi connectivity index (χ0) is 18.5. The van der Waals surface area contributed by atoms with Crippen molar-refractivity contribution in [3.05, 3.63) is 59.0 Å². The van der Waals surface area contributed by atoms with Crippen LogP contribution in [0.5, 0.6) is 11.5 Å². The molecule has 3 rings (SSSR count). The van der Waals surface area contributed by atoms with Gasteiger partial charge in [0, 0.05) is 17.6 Å². The van der Waals surface area contributed by atoms with Crippen LogP contribution in [0.2, 0.25) is 0 Å². The van der Waals surface area contributed by atoms with Crippen molar-refractivity contribution >= 4 is 34.7 Å². The second-order valence-electron chi connectivity index (χ2n) is 5.64. The fourth-order valence-electron chi connectivity index (χ4n) is 2.35. The van der Waals surface area contributed by atoms with E-state index in [-0.39, 0.29) is 12.4 Å². The Morgan fingerprint density at radius 1 is 1.23 bits per heavy atom. The number of benzene rings is 2. The molecule has 2 N–H and O–H groups in total. The summed E-state index contributed by atoms with van der Waals surface area (Å²) < 4.78 is 5.13. The number of hydrogen-bond acceptors (Lipinski definition) is 6. The monoisotopic (exact) mass is 370 g/mol. The number of phenolic OH excluding ortho intramolecular Hbond substituents is 1. The molecule has 1 heterocycles. The number of aromatic hydroxyl groups is 1. The Balaban J connectivity index is 1.62. The lowest BCUT2D eigenvalue weighted by Crippen LogP contribution is -2.21. The number of phenols is 1. The van der Waals surface area contributed by atoms with Crippen LogP contribution in [0.25, 0.3) is 6.08 Å². The highest BCUT2D eigenvalue weighted by atomic mass is 32.2. The summed E-state index contributed by atoms with van der Waals surface area (Å²) >= 11 is 1.60. The lowest BCUT2D eigenvalue weighted by Gasteiger charge is -2.18. The zero-order valence-electron chi connectivity index (χ0n) is 14.1. The molecular formula is C19H18N2O4S. The minimum absolute atomic E-state index is 0.236. The highest BCUT2D eigenvalue weighted by Gasteiger charge is 2.18. The Morgan fingerprint density at radius 3 is 2.58 bits per heavy atom. The van der Waals surface area contributed by atoms with Crippen LogP contribution >= 0.6 is 11.8 Å². The molecule has 0 aromatic heterocycles. The van der Waals surface area contributed by atoms with Crippen molar-refractivity contribution in [2.45, 2.75) is 0 Å². The molecule has 0 atom stereocenters. The third-order valence-electron chi connectivity index (χ3n) is 3.69. The molecular weight excluding hydrogens is 352 g/mol. The van der Waals surface area contributed by atoms with Crippen molar-refractivity contribution in [3.8, 4) is 11.5 Å². The minimum Gasteiger partial charge on any atom is -0.508 e. The molecule has 0 aliphatic carbocycles. The van der Waals surface area contributed by atoms with Gasteiger partial charge in [-0.15, -0.1) is 0 Å². The molecule has 0 fully saturated rings. The maximum Gasteiger partial charge on any atom is 0.341 e. The number of amidine groups is 1. The van der Waals surface area contributed by atoms with Gasteiger partial charge in [-0.2, -0.15) is 0 Å². The normalized spacial score (nSPS) is 15.0. The summed E-state index contributed by atoms with van der Waals surface area (Å²) in [5.74, 6) is -0.238. The minimum atomic E-state index is -0.999. The maximum atomic E-state index is 10.5. The molecule has 7 heteroatoms. The van der Waals surface area contributed by atoms with Crippen molar-refractivity contribution < 1.29 is 19.7 Å². The number of carboxylic acids is 1. The fourth-order valence-corrected chi connectivity index (χ4v) is 3.28. The van der Waals surface area contributed by atoms with Crippen molar-refractivity contribution in [2.75, 3.05) is 25.1 Å². The lowest BCUT2D eigenvalue weighted by molar-refractivity contribution is -0.139. The Morgan fingerprint density at radius 2 is 1.92 bits per heavy atom. The predicted molar refractivity (Wildman–Crippen MR) is 104 cm³/mol. The number of nitrogens with zero attached hydrogens (tertiary/aromatic N) is 2. The van der Waals surface area contributed by atoms with Gasteiger partial charge in [-0.25, -0.2) is 4.79 Å². The zero-order valence-corrected chi connectivity index (χ0v) is 14.9. The van der Waals surface area contributed by atoms with E-state index in [4.69, 9.17) is 9.84 Å². The van der Waals surface area contributed by atoms with Gasteiger partial charge in [0.25, 0.3) is 0 Å². The molecule has 2 aromatic rings. The first kappa shape index (κ1) is 17.9. The van der Waals surface area contributed by atoms with Gasteiger partial charge in [-0.1, -0.05) is 23.9 Å². The molecule has 0 amide bonds. The van der Waals surface area contributed by atoms with E-state index in [1.165, 1.54) is 0 Å². The highest BCUT2D eigenvalue weighted by Crippen LogP contribution is 2.31. The van der Waals surface area contributed by atoms with Crippen LogP contribution in [0.15, 0.2) is 58.4 Å². The van der Waals surface area contributed by atoms with E-state index in [1.807, 2.05) is 42.3 Å². The molecule has 0 saturated heterocycles. The summed E-state index contributed by atoms with van der Waals surface area (Å²) in [6.45, 7) is 0.261. The smallest absolute Gasteiger partial charge is 0.341 e. The number of aliphatic carboxylic acids is 1. The first-order chi connectivity index (χ1) is 12.5. The summed E-state index contributed by atoms with van der Waals surface area (Å²) in [6, 6.07) is 14.2. The summed E-state index contributed by atoms with van der Waals surface area (Å²) in [5, 5.41) is 18.9. The largest absolute Gasteiger partial charge is 0.508 e. The molecule has 26 heavy (non-hydrogen) atoms. The first-order valence-corrected chi connectivity index (χ1v) is 8.73.